The van der Waals surface area contributed by atoms with Gasteiger partial charge in [-0.05, 0) is 50.3 Å². The molecule has 0 spiro atoms. The number of anilines is 1. The molecule has 1 aliphatic carbocycles. The smallest absolute Gasteiger partial charge is 0.271 e. The Bertz CT molecular complexity index is 1350. The number of phenols is 1. The number of aromatic hydroxyl groups is 1. The Labute approximate surface area is 221 Å². The van der Waals surface area contributed by atoms with Crippen molar-refractivity contribution in [3.63, 3.8) is 0 Å². The van der Waals surface area contributed by atoms with E-state index in [0.717, 1.165) is 47.3 Å². The second kappa shape index (κ2) is 10.5. The standard InChI is InChI=1S/C30H32N2O6/c1-3-7-19(15-20-8-4-5-11-25(20)33)12-13-26-27-18(2)14-23-28(24(27)17-38-26)30(35)31(29(23)34)21-9-6-10-22(16-21)32(36)37/h4-6,8-11,15-16,23-24,26,28,33H,3,7,12-14,17H2,1-2H3/b19-15+/t23-,24+,26-,28-/m1/s1. The Kier molecular flexibility index (Phi) is 7.17. The van der Waals surface area contributed by atoms with Crippen LogP contribution in [0.4, 0.5) is 11.4 Å². The zero-order chi connectivity index (χ0) is 27.0. The van der Waals surface area contributed by atoms with Crippen molar-refractivity contribution in [1.82, 2.24) is 0 Å². The lowest BCUT2D eigenvalue weighted by Crippen LogP contribution is -2.34. The van der Waals surface area contributed by atoms with Crippen LogP contribution in [-0.4, -0.2) is 34.6 Å². The third kappa shape index (κ3) is 4.65. The summed E-state index contributed by atoms with van der Waals surface area (Å²) < 4.78 is 6.25. The minimum Gasteiger partial charge on any atom is -0.507 e. The first kappa shape index (κ1) is 25.9. The molecule has 0 bridgehead atoms. The molecule has 2 saturated heterocycles. The van der Waals surface area contributed by atoms with Gasteiger partial charge in [0.25, 0.3) is 5.69 Å². The van der Waals surface area contributed by atoms with Crippen LogP contribution in [0.5, 0.6) is 5.75 Å². The number of phenolic OH excluding ortho intramolecular Hbond substituents is 1. The molecule has 2 aromatic carbocycles. The topological polar surface area (TPSA) is 110 Å². The highest BCUT2D eigenvalue weighted by Gasteiger charge is 2.56. The van der Waals surface area contributed by atoms with Crippen molar-refractivity contribution in [1.29, 1.82) is 0 Å². The molecule has 1 N–H and O–H groups in total. The van der Waals surface area contributed by atoms with Crippen molar-refractivity contribution >= 4 is 29.3 Å². The molecule has 0 unspecified atom stereocenters. The largest absolute Gasteiger partial charge is 0.507 e. The van der Waals surface area contributed by atoms with E-state index in [1.54, 1.807) is 18.2 Å². The van der Waals surface area contributed by atoms with Crippen LogP contribution < -0.4 is 4.90 Å². The number of para-hydroxylation sites is 1. The summed E-state index contributed by atoms with van der Waals surface area (Å²) in [7, 11) is 0. The number of amides is 2. The van der Waals surface area contributed by atoms with E-state index in [1.165, 1.54) is 23.8 Å². The van der Waals surface area contributed by atoms with Gasteiger partial charge in [-0.1, -0.05) is 54.8 Å². The van der Waals surface area contributed by atoms with Gasteiger partial charge in [-0.15, -0.1) is 0 Å². The van der Waals surface area contributed by atoms with Gasteiger partial charge in [0.15, 0.2) is 0 Å². The number of imide groups is 1. The van der Waals surface area contributed by atoms with E-state index in [-0.39, 0.29) is 41.0 Å². The number of rotatable bonds is 8. The average molecular weight is 517 g/mol. The molecule has 8 heteroatoms. The summed E-state index contributed by atoms with van der Waals surface area (Å²) in [4.78, 5) is 38.8. The highest BCUT2D eigenvalue weighted by molar-refractivity contribution is 6.22. The van der Waals surface area contributed by atoms with Gasteiger partial charge in [0, 0.05) is 23.6 Å². The predicted molar refractivity (Wildman–Crippen MR) is 143 cm³/mol. The summed E-state index contributed by atoms with van der Waals surface area (Å²) in [5.41, 5.74) is 4.35. The number of nitro benzene ring substituents is 1. The number of hydrogen-bond donors (Lipinski definition) is 1. The molecule has 2 aromatic rings. The number of carbonyl (C=O) groups is 2. The molecule has 198 valence electrons. The molecule has 0 saturated carbocycles. The monoisotopic (exact) mass is 516 g/mol. The second-order valence-corrected chi connectivity index (χ2v) is 10.4. The molecule has 8 nitrogen and oxygen atoms in total. The fourth-order valence-corrected chi connectivity index (χ4v) is 6.37. The van der Waals surface area contributed by atoms with Crippen LogP contribution in [0.2, 0.25) is 0 Å². The third-order valence-corrected chi connectivity index (χ3v) is 8.05. The lowest BCUT2D eigenvalue weighted by molar-refractivity contribution is -0.384. The lowest BCUT2D eigenvalue weighted by atomic mass is 9.70. The van der Waals surface area contributed by atoms with Crippen LogP contribution in [-0.2, 0) is 14.3 Å². The summed E-state index contributed by atoms with van der Waals surface area (Å²) in [6.07, 6.45) is 5.89. The molecule has 5 rings (SSSR count). The van der Waals surface area contributed by atoms with E-state index in [2.05, 4.69) is 13.0 Å². The lowest BCUT2D eigenvalue weighted by Gasteiger charge is -2.30. The number of non-ortho nitro benzene ring substituents is 1. The molecule has 0 radical (unpaired) electrons. The number of carbonyl (C=O) groups excluding carboxylic acids is 2. The molecule has 2 heterocycles. The van der Waals surface area contributed by atoms with Gasteiger partial charge in [-0.3, -0.25) is 19.7 Å². The molecule has 2 fully saturated rings. The van der Waals surface area contributed by atoms with E-state index < -0.39 is 16.8 Å². The Balaban J connectivity index is 1.35. The van der Waals surface area contributed by atoms with Crippen LogP contribution in [0.25, 0.3) is 6.08 Å². The summed E-state index contributed by atoms with van der Waals surface area (Å²) in [6, 6.07) is 13.0. The van der Waals surface area contributed by atoms with Crippen LogP contribution in [0, 0.1) is 27.9 Å². The number of benzene rings is 2. The Morgan fingerprint density at radius 1 is 1.13 bits per heavy atom. The molecule has 0 aromatic heterocycles. The molecule has 2 amide bonds. The summed E-state index contributed by atoms with van der Waals surface area (Å²) in [5, 5.41) is 21.5. The maximum Gasteiger partial charge on any atom is 0.271 e. The zero-order valence-corrected chi connectivity index (χ0v) is 21.6. The number of fused-ring (bicyclic) bond motifs is 3. The number of hydrogen-bond acceptors (Lipinski definition) is 6. The first-order valence-corrected chi connectivity index (χ1v) is 13.2. The third-order valence-electron chi connectivity index (χ3n) is 8.05. The van der Waals surface area contributed by atoms with Crippen LogP contribution >= 0.6 is 0 Å². The number of nitro groups is 1. The van der Waals surface area contributed by atoms with Crippen LogP contribution in [0.1, 0.15) is 51.5 Å². The number of allylic oxidation sites excluding steroid dienone is 2. The highest BCUT2D eigenvalue weighted by Crippen LogP contribution is 2.50. The van der Waals surface area contributed by atoms with Crippen molar-refractivity contribution < 1.29 is 24.4 Å². The summed E-state index contributed by atoms with van der Waals surface area (Å²) >= 11 is 0. The number of ether oxygens (including phenoxy) is 1. The number of nitrogens with zero attached hydrogens (tertiary/aromatic N) is 2. The quantitative estimate of drug-likeness (QED) is 0.205. The van der Waals surface area contributed by atoms with Gasteiger partial charge in [0.1, 0.15) is 5.75 Å². The molecule has 3 aliphatic rings. The van der Waals surface area contributed by atoms with Gasteiger partial charge in [-0.2, -0.15) is 0 Å². The van der Waals surface area contributed by atoms with Gasteiger partial charge in [-0.25, -0.2) is 4.90 Å². The van der Waals surface area contributed by atoms with E-state index in [1.807, 2.05) is 19.1 Å². The molecule has 38 heavy (non-hydrogen) atoms. The van der Waals surface area contributed by atoms with Crippen LogP contribution in [0.3, 0.4) is 0 Å². The van der Waals surface area contributed by atoms with E-state index in [9.17, 15) is 24.8 Å². The Morgan fingerprint density at radius 2 is 1.92 bits per heavy atom. The van der Waals surface area contributed by atoms with Gasteiger partial charge in [0.2, 0.25) is 11.8 Å². The van der Waals surface area contributed by atoms with Crippen molar-refractivity contribution in [2.45, 2.75) is 52.1 Å². The molecular weight excluding hydrogens is 484 g/mol. The fraction of sp³-hybridized carbons (Fsp3) is 0.400. The Morgan fingerprint density at radius 3 is 2.66 bits per heavy atom. The maximum atomic E-state index is 13.6. The van der Waals surface area contributed by atoms with Crippen LogP contribution in [0.15, 0.2) is 65.3 Å². The first-order valence-electron chi connectivity index (χ1n) is 13.2. The fourth-order valence-electron chi connectivity index (χ4n) is 6.37. The summed E-state index contributed by atoms with van der Waals surface area (Å²) in [5.74, 6) is -1.50. The normalized spacial score (nSPS) is 25.1. The van der Waals surface area contributed by atoms with E-state index in [4.69, 9.17) is 4.74 Å². The zero-order valence-electron chi connectivity index (χ0n) is 21.6. The van der Waals surface area contributed by atoms with Gasteiger partial charge >= 0.3 is 0 Å². The van der Waals surface area contributed by atoms with Crippen molar-refractivity contribution in [2.24, 2.45) is 17.8 Å². The predicted octanol–water partition coefficient (Wildman–Crippen LogP) is 5.81. The second-order valence-electron chi connectivity index (χ2n) is 10.4. The summed E-state index contributed by atoms with van der Waals surface area (Å²) in [6.45, 7) is 4.54. The van der Waals surface area contributed by atoms with Crippen molar-refractivity contribution in [2.75, 3.05) is 11.5 Å². The first-order chi connectivity index (χ1) is 18.3. The average Bonchev–Trinajstić information content (AvgIpc) is 3.43. The van der Waals surface area contributed by atoms with E-state index in [0.29, 0.717) is 13.0 Å². The van der Waals surface area contributed by atoms with Gasteiger partial charge < -0.3 is 9.84 Å². The molecule has 2 aliphatic heterocycles. The molecular formula is C30H32N2O6. The Hall–Kier alpha value is -3.78. The highest BCUT2D eigenvalue weighted by atomic mass is 16.6. The maximum absolute atomic E-state index is 13.6. The SMILES string of the molecule is CCC/C(=C\c1ccccc1O)CC[C@H]1OC[C@H]2C1=C(C)C[C@H]1C(=O)N(c3cccc([N+](=O)[O-])c3)C(=O)[C@H]12. The molecule has 4 atom stereocenters. The van der Waals surface area contributed by atoms with Crippen molar-refractivity contribution in [3.8, 4) is 5.75 Å². The minimum atomic E-state index is -0.527. The van der Waals surface area contributed by atoms with Crippen molar-refractivity contribution in [3.05, 3.63) is 80.9 Å². The van der Waals surface area contributed by atoms with E-state index >= 15 is 0 Å². The minimum absolute atomic E-state index is 0.125. The van der Waals surface area contributed by atoms with Gasteiger partial charge in [0.05, 0.1) is 35.2 Å².